The van der Waals surface area contributed by atoms with Crippen LogP contribution in [-0.4, -0.2) is 188 Å². The van der Waals surface area contributed by atoms with Crippen LogP contribution in [0, 0.1) is 5.92 Å². The van der Waals surface area contributed by atoms with Gasteiger partial charge in [-0.05, 0) is 19.4 Å². The summed E-state index contributed by atoms with van der Waals surface area (Å²) in [5.41, 5.74) is 22.6. The van der Waals surface area contributed by atoms with E-state index in [1.165, 1.54) is 0 Å². The number of ether oxygens (including phenoxy) is 3. The molecule has 21 heteroatoms. The summed E-state index contributed by atoms with van der Waals surface area (Å²) in [5.74, 6) is -7.02. The molecule has 0 radical (unpaired) electrons. The molecule has 2 aliphatic heterocycles. The largest absolute Gasteiger partial charge is 0.394 e. The van der Waals surface area contributed by atoms with Crippen LogP contribution < -0.4 is 33.6 Å². The van der Waals surface area contributed by atoms with Gasteiger partial charge in [0.25, 0.3) is 11.8 Å². The number of alkyl halides is 2. The first-order valence-electron chi connectivity index (χ1n) is 15.3. The number of halogens is 2. The number of nitrogens with one attached hydrogen (secondary N) is 2. The highest BCUT2D eigenvalue weighted by Gasteiger charge is 2.56. The zero-order valence-corrected chi connectivity index (χ0v) is 25.5. The van der Waals surface area contributed by atoms with Crippen LogP contribution in [0.4, 0.5) is 8.78 Å². The predicted molar refractivity (Wildman–Crippen MR) is 154 cm³/mol. The van der Waals surface area contributed by atoms with Crippen LogP contribution in [0.1, 0.15) is 12.8 Å². The number of aliphatic hydroxyl groups excluding tert-OH is 9. The first-order valence-corrected chi connectivity index (χ1v) is 15.3. The lowest BCUT2D eigenvalue weighted by atomic mass is 9.72. The van der Waals surface area contributed by atoms with Crippen LogP contribution in [0.3, 0.4) is 0 Å². The van der Waals surface area contributed by atoms with Crippen LogP contribution >= 0.6 is 0 Å². The molecule has 0 bridgehead atoms. The van der Waals surface area contributed by atoms with E-state index in [2.05, 4.69) is 10.6 Å². The summed E-state index contributed by atoms with van der Waals surface area (Å²) in [7, 11) is 0. The molecule has 19 N–H and O–H groups in total. The van der Waals surface area contributed by atoms with E-state index in [4.69, 9.17) is 37.1 Å². The SMILES string of the molecule is NCCC(O)CNC[C@H]1O[C@H](C2[C@@H](N)C[C@@H](NC(=O)C(O)C(F)(F)CN)[C@H](O[C@H]3O[C@H](CO)[C@@H](O)[C@H](N)[C@H]3O)[C@H]2O)[C@H](O)[C@@H](O)[C@@H]1O. The third-order valence-electron chi connectivity index (χ3n) is 8.98. The average Bonchev–Trinajstić information content (AvgIpc) is 3.03. The van der Waals surface area contributed by atoms with Gasteiger partial charge in [0.05, 0.1) is 49.7 Å². The molecule has 0 aromatic rings. The summed E-state index contributed by atoms with van der Waals surface area (Å²) in [6, 6.07) is -4.13. The topological polar surface area (TPSA) is 355 Å². The highest BCUT2D eigenvalue weighted by atomic mass is 19.3. The normalized spacial score (nSPS) is 42.9. The average molecular weight is 693 g/mol. The van der Waals surface area contributed by atoms with Gasteiger partial charge in [-0.15, -0.1) is 0 Å². The van der Waals surface area contributed by atoms with Gasteiger partial charge in [0.2, 0.25) is 0 Å². The van der Waals surface area contributed by atoms with Crippen molar-refractivity contribution >= 4 is 5.91 Å². The lowest BCUT2D eigenvalue weighted by molar-refractivity contribution is -0.310. The molecule has 47 heavy (non-hydrogen) atoms. The molecule has 17 atom stereocenters. The molecular weight excluding hydrogens is 642 g/mol. The minimum absolute atomic E-state index is 0.0421. The Kier molecular flexibility index (Phi) is 14.5. The maximum atomic E-state index is 14.0. The van der Waals surface area contributed by atoms with E-state index in [0.29, 0.717) is 0 Å². The molecule has 0 spiro atoms. The Balaban J connectivity index is 1.90. The quantitative estimate of drug-likeness (QED) is 0.0803. The number of hydrogen-bond donors (Lipinski definition) is 15. The molecule has 3 fully saturated rings. The minimum atomic E-state index is -4.04. The van der Waals surface area contributed by atoms with Gasteiger partial charge in [0.15, 0.2) is 12.4 Å². The predicted octanol–water partition coefficient (Wildman–Crippen LogP) is -8.56. The minimum Gasteiger partial charge on any atom is -0.394 e. The van der Waals surface area contributed by atoms with Gasteiger partial charge < -0.3 is 93.7 Å². The van der Waals surface area contributed by atoms with Crippen LogP contribution in [0.2, 0.25) is 0 Å². The zero-order chi connectivity index (χ0) is 35.4. The lowest BCUT2D eigenvalue weighted by Gasteiger charge is -2.52. The molecule has 0 aromatic heterocycles. The van der Waals surface area contributed by atoms with Crippen molar-refractivity contribution in [3.8, 4) is 0 Å². The van der Waals surface area contributed by atoms with Crippen LogP contribution in [0.25, 0.3) is 0 Å². The van der Waals surface area contributed by atoms with E-state index in [1.807, 2.05) is 0 Å². The molecule has 3 aliphatic rings. The molecule has 19 nitrogen and oxygen atoms in total. The monoisotopic (exact) mass is 692 g/mol. The van der Waals surface area contributed by atoms with Crippen molar-refractivity contribution in [1.82, 2.24) is 10.6 Å². The second-order valence-corrected chi connectivity index (χ2v) is 12.3. The van der Waals surface area contributed by atoms with E-state index in [0.717, 1.165) is 0 Å². The van der Waals surface area contributed by atoms with Crippen molar-refractivity contribution < 1.29 is 73.7 Å². The maximum Gasteiger partial charge on any atom is 0.294 e. The van der Waals surface area contributed by atoms with Crippen molar-refractivity contribution in [3.05, 3.63) is 0 Å². The van der Waals surface area contributed by atoms with Gasteiger partial charge in [-0.3, -0.25) is 4.79 Å². The van der Waals surface area contributed by atoms with Gasteiger partial charge in [-0.25, -0.2) is 8.78 Å². The number of aliphatic hydroxyl groups is 9. The molecule has 0 aromatic carbocycles. The van der Waals surface area contributed by atoms with E-state index >= 15 is 0 Å². The third kappa shape index (κ3) is 9.07. The first kappa shape index (κ1) is 40.1. The molecule has 3 unspecified atom stereocenters. The van der Waals surface area contributed by atoms with Crippen LogP contribution in [0.5, 0.6) is 0 Å². The summed E-state index contributed by atoms with van der Waals surface area (Å²) in [4.78, 5) is 12.7. The molecule has 1 aliphatic carbocycles. The van der Waals surface area contributed by atoms with Crippen molar-refractivity contribution in [2.45, 2.75) is 116 Å². The van der Waals surface area contributed by atoms with Crippen molar-refractivity contribution in [3.63, 3.8) is 0 Å². The van der Waals surface area contributed by atoms with Crippen LogP contribution in [0.15, 0.2) is 0 Å². The molecule has 3 rings (SSSR count). The fourth-order valence-electron chi connectivity index (χ4n) is 6.15. The highest BCUT2D eigenvalue weighted by molar-refractivity contribution is 5.82. The second-order valence-electron chi connectivity index (χ2n) is 12.3. The number of hydrogen-bond acceptors (Lipinski definition) is 18. The zero-order valence-electron chi connectivity index (χ0n) is 25.5. The van der Waals surface area contributed by atoms with Gasteiger partial charge in [0.1, 0.15) is 42.7 Å². The summed E-state index contributed by atoms with van der Waals surface area (Å²) >= 11 is 0. The molecule has 1 saturated carbocycles. The van der Waals surface area contributed by atoms with Crippen molar-refractivity contribution in [1.29, 1.82) is 0 Å². The smallest absolute Gasteiger partial charge is 0.294 e. The Labute approximate surface area is 268 Å². The summed E-state index contributed by atoms with van der Waals surface area (Å²) in [5, 5.41) is 99.2. The Hall–Kier alpha value is -1.35. The molecule has 276 valence electrons. The number of nitrogens with two attached hydrogens (primary N) is 4. The Morgan fingerprint density at radius 3 is 2.19 bits per heavy atom. The number of carbonyl (C=O) groups is 1. The summed E-state index contributed by atoms with van der Waals surface area (Å²) in [6.45, 7) is -2.04. The van der Waals surface area contributed by atoms with Crippen molar-refractivity contribution in [2.24, 2.45) is 28.9 Å². The van der Waals surface area contributed by atoms with E-state index in [1.54, 1.807) is 0 Å². The number of amides is 1. The third-order valence-corrected chi connectivity index (χ3v) is 8.98. The van der Waals surface area contributed by atoms with Gasteiger partial charge in [-0.1, -0.05) is 0 Å². The molecular formula is C26H50F2N6O13. The maximum absolute atomic E-state index is 14.0. The molecule has 2 heterocycles. The van der Waals surface area contributed by atoms with Gasteiger partial charge in [0, 0.05) is 25.0 Å². The first-order chi connectivity index (χ1) is 22.0. The molecule has 2 saturated heterocycles. The van der Waals surface area contributed by atoms with Crippen LogP contribution in [-0.2, 0) is 19.0 Å². The van der Waals surface area contributed by atoms with Crippen molar-refractivity contribution in [2.75, 3.05) is 32.8 Å². The Morgan fingerprint density at radius 2 is 1.60 bits per heavy atom. The Morgan fingerprint density at radius 1 is 0.936 bits per heavy atom. The fourth-order valence-corrected chi connectivity index (χ4v) is 6.15. The lowest BCUT2D eigenvalue weighted by Crippen LogP contribution is -2.71. The summed E-state index contributed by atoms with van der Waals surface area (Å²) < 4.78 is 45.2. The fraction of sp³-hybridized carbons (Fsp3) is 0.962. The van der Waals surface area contributed by atoms with Gasteiger partial charge in [-0.2, -0.15) is 0 Å². The number of carbonyl (C=O) groups excluding carboxylic acids is 1. The Bertz CT molecular complexity index is 998. The standard InChI is InChI=1S/C26H50F2N6O13/c27-26(28,7-30)23(43)24(44)34-10-3-9(31)13(17(39)21(10)47-25-18(40)14(32)15(37)12(6-35)46-25)22-20(42)19(41)16(38)11(45-22)5-33-4-8(36)1-2-29/h8-23,25,33,35-43H,1-7,29-32H2,(H,34,44)/t8?,9-,10+,11+,12+,13?,14-,15+,16+,17-,18+,19-,20+,21-,22+,23?,25+/m0/s1. The second kappa shape index (κ2) is 17.0. The van der Waals surface area contributed by atoms with E-state index < -0.39 is 129 Å². The van der Waals surface area contributed by atoms with Gasteiger partial charge >= 0.3 is 0 Å². The summed E-state index contributed by atoms with van der Waals surface area (Å²) in [6.07, 6.45) is -22.0. The number of rotatable bonds is 14. The van der Waals surface area contributed by atoms with E-state index in [9.17, 15) is 59.5 Å². The highest BCUT2D eigenvalue weighted by Crippen LogP contribution is 2.37. The molecule has 1 amide bonds. The van der Waals surface area contributed by atoms with E-state index in [-0.39, 0.29) is 32.5 Å².